The molecule has 0 unspecified atom stereocenters. The maximum absolute atomic E-state index is 13.0. The van der Waals surface area contributed by atoms with Crippen LogP contribution in [0.4, 0.5) is 0 Å². The monoisotopic (exact) mass is 539 g/mol. The van der Waals surface area contributed by atoms with Crippen LogP contribution in [0.2, 0.25) is 0 Å². The Balaban J connectivity index is 1.43. The molecule has 1 amide bonds. The highest BCUT2D eigenvalue weighted by molar-refractivity contribution is 8.01. The van der Waals surface area contributed by atoms with Crippen molar-refractivity contribution in [2.75, 3.05) is 12.4 Å². The number of hydrogen-bond donors (Lipinski definition) is 5. The second-order valence-corrected chi connectivity index (χ2v) is 10.2. The lowest BCUT2D eigenvalue weighted by atomic mass is 10.0. The second-order valence-electron chi connectivity index (χ2n) is 9.09. The molecule has 5 heterocycles. The number of ether oxygens (including phenoxy) is 2. The third-order valence-electron chi connectivity index (χ3n) is 6.82. The van der Waals surface area contributed by atoms with E-state index in [0.29, 0.717) is 0 Å². The number of thioether (sulfide) groups is 1. The molecule has 8 atom stereocenters. The lowest BCUT2D eigenvalue weighted by Gasteiger charge is -2.35. The maximum atomic E-state index is 13.0. The van der Waals surface area contributed by atoms with E-state index < -0.39 is 77.4 Å². The molecule has 15 nitrogen and oxygen atoms in total. The van der Waals surface area contributed by atoms with Gasteiger partial charge in [0.15, 0.2) is 6.23 Å². The number of carbonyl (C=O) groups is 1. The van der Waals surface area contributed by atoms with Crippen molar-refractivity contribution in [1.82, 2.24) is 24.0 Å². The van der Waals surface area contributed by atoms with Gasteiger partial charge >= 0.3 is 11.4 Å². The first kappa shape index (κ1) is 25.6. The molecule has 3 saturated heterocycles. The van der Waals surface area contributed by atoms with Crippen LogP contribution in [-0.2, 0) is 14.3 Å². The van der Waals surface area contributed by atoms with E-state index >= 15 is 0 Å². The third-order valence-corrected chi connectivity index (χ3v) is 8.07. The van der Waals surface area contributed by atoms with Crippen molar-refractivity contribution < 1.29 is 29.6 Å². The van der Waals surface area contributed by atoms with E-state index in [1.807, 2.05) is 0 Å². The lowest BCUT2D eigenvalue weighted by molar-refractivity contribution is -0.137. The topological polar surface area (TPSA) is 209 Å². The van der Waals surface area contributed by atoms with Gasteiger partial charge in [0.25, 0.3) is 11.1 Å². The SMILES string of the molecule is Cc1cn([C@H]2C[C@H](N3C(=O)CS[C@H]3[C@H]3O[C@@H](n4ccc(=O)[nH]c4=O)[C@H](O)[C@@H]3O)[C@@H](CO)O2)c(=O)[nH]c1=O. The summed E-state index contributed by atoms with van der Waals surface area (Å²) in [5.74, 6) is -0.309. The van der Waals surface area contributed by atoms with Gasteiger partial charge in [-0.3, -0.25) is 33.5 Å². The zero-order valence-corrected chi connectivity index (χ0v) is 20.2. The van der Waals surface area contributed by atoms with E-state index in [1.54, 1.807) is 0 Å². The van der Waals surface area contributed by atoms with Crippen molar-refractivity contribution in [3.05, 3.63) is 65.7 Å². The fourth-order valence-corrected chi connectivity index (χ4v) is 6.31. The molecular formula is C21H25N5O10S. The highest BCUT2D eigenvalue weighted by atomic mass is 32.2. The summed E-state index contributed by atoms with van der Waals surface area (Å²) in [6, 6.07) is 0.337. The Morgan fingerprint density at radius 1 is 1.05 bits per heavy atom. The Labute approximate surface area is 211 Å². The van der Waals surface area contributed by atoms with Crippen molar-refractivity contribution in [2.24, 2.45) is 0 Å². The third kappa shape index (κ3) is 4.38. The number of aliphatic hydroxyl groups excluding tert-OH is 3. The van der Waals surface area contributed by atoms with Crippen LogP contribution in [0.25, 0.3) is 0 Å². The summed E-state index contributed by atoms with van der Waals surface area (Å²) >= 11 is 1.15. The number of nitrogens with zero attached hydrogens (tertiary/aromatic N) is 3. The number of aliphatic hydroxyl groups is 3. The highest BCUT2D eigenvalue weighted by Gasteiger charge is 2.55. The average Bonchev–Trinajstić information content (AvgIpc) is 3.52. The van der Waals surface area contributed by atoms with Crippen molar-refractivity contribution in [3.63, 3.8) is 0 Å². The quantitative estimate of drug-likeness (QED) is 0.252. The molecule has 0 aromatic carbocycles. The Morgan fingerprint density at radius 3 is 2.49 bits per heavy atom. The number of rotatable bonds is 5. The van der Waals surface area contributed by atoms with Gasteiger partial charge in [0.1, 0.15) is 36.0 Å². The number of H-pyrrole nitrogens is 2. The molecular weight excluding hydrogens is 514 g/mol. The zero-order valence-electron chi connectivity index (χ0n) is 19.4. The molecule has 200 valence electrons. The van der Waals surface area contributed by atoms with Crippen LogP contribution in [-0.4, -0.2) is 93.4 Å². The van der Waals surface area contributed by atoms with E-state index in [2.05, 4.69) is 9.97 Å². The minimum Gasteiger partial charge on any atom is -0.394 e. The number of nitrogens with one attached hydrogen (secondary N) is 2. The van der Waals surface area contributed by atoms with Gasteiger partial charge in [0, 0.05) is 30.4 Å². The summed E-state index contributed by atoms with van der Waals surface area (Å²) in [6.45, 7) is 1.04. The van der Waals surface area contributed by atoms with Crippen molar-refractivity contribution in [1.29, 1.82) is 0 Å². The molecule has 3 aliphatic rings. The van der Waals surface area contributed by atoms with Crippen LogP contribution < -0.4 is 22.5 Å². The minimum absolute atomic E-state index is 0.0215. The summed E-state index contributed by atoms with van der Waals surface area (Å²) < 4.78 is 13.9. The minimum atomic E-state index is -1.55. The average molecular weight is 540 g/mol. The lowest BCUT2D eigenvalue weighted by Crippen LogP contribution is -2.53. The number of aryl methyl sites for hydroxylation is 1. The molecule has 16 heteroatoms. The van der Waals surface area contributed by atoms with Crippen LogP contribution in [0.1, 0.15) is 24.4 Å². The first-order chi connectivity index (χ1) is 17.6. The van der Waals surface area contributed by atoms with E-state index in [4.69, 9.17) is 9.47 Å². The predicted octanol–water partition coefficient (Wildman–Crippen LogP) is -3.44. The van der Waals surface area contributed by atoms with Crippen molar-refractivity contribution in [2.45, 2.75) is 61.6 Å². The fourth-order valence-electron chi connectivity index (χ4n) is 5.00. The van der Waals surface area contributed by atoms with Gasteiger partial charge in [-0.1, -0.05) is 0 Å². The molecule has 2 aromatic rings. The van der Waals surface area contributed by atoms with Crippen molar-refractivity contribution in [3.8, 4) is 0 Å². The van der Waals surface area contributed by atoms with Gasteiger partial charge in [0.2, 0.25) is 5.91 Å². The van der Waals surface area contributed by atoms with E-state index in [1.165, 1.54) is 22.6 Å². The van der Waals surface area contributed by atoms with Gasteiger partial charge < -0.3 is 29.7 Å². The fraction of sp³-hybridized carbons (Fsp3) is 0.571. The predicted molar refractivity (Wildman–Crippen MR) is 126 cm³/mol. The molecule has 37 heavy (non-hydrogen) atoms. The molecule has 5 N–H and O–H groups in total. The molecule has 3 fully saturated rings. The summed E-state index contributed by atoms with van der Waals surface area (Å²) in [4.78, 5) is 66.4. The first-order valence-electron chi connectivity index (χ1n) is 11.4. The molecule has 0 spiro atoms. The number of hydrogen-bond acceptors (Lipinski definition) is 11. The molecule has 0 saturated carbocycles. The Hall–Kier alpha value is -3.02. The molecule has 0 bridgehead atoms. The van der Waals surface area contributed by atoms with Gasteiger partial charge in [-0.25, -0.2) is 9.59 Å². The summed E-state index contributed by atoms with van der Waals surface area (Å²) in [7, 11) is 0. The number of carbonyl (C=O) groups excluding carboxylic acids is 1. The largest absolute Gasteiger partial charge is 0.394 e. The van der Waals surface area contributed by atoms with Gasteiger partial charge in [-0.05, 0) is 6.92 Å². The zero-order chi connectivity index (χ0) is 26.6. The molecule has 0 aliphatic carbocycles. The first-order valence-corrected chi connectivity index (χ1v) is 12.5. The second kappa shape index (κ2) is 9.70. The smallest absolute Gasteiger partial charge is 0.330 e. The maximum Gasteiger partial charge on any atom is 0.330 e. The van der Waals surface area contributed by atoms with Gasteiger partial charge in [0.05, 0.1) is 18.4 Å². The van der Waals surface area contributed by atoms with Crippen LogP contribution in [0.3, 0.4) is 0 Å². The number of aromatic nitrogens is 4. The summed E-state index contributed by atoms with van der Waals surface area (Å²) in [5.41, 5.74) is -2.45. The Bertz CT molecular complexity index is 1430. The number of amides is 1. The van der Waals surface area contributed by atoms with Gasteiger partial charge in [-0.2, -0.15) is 0 Å². The molecule has 5 rings (SSSR count). The standard InChI is InChI=1S/C21H25N5O10S/c1-8-5-25(21(34)23-17(8)32)13-4-9(10(6-27)35-13)26-12(29)7-37-19(26)16-14(30)15(31)18(36-16)24-3-2-11(28)22-20(24)33/h2-3,5,9-10,13-16,18-19,27,30-31H,4,6-7H2,1H3,(H,22,28,33)(H,23,32,34)/t9-,10+,13+,14-,15+,16-,18+,19-/m0/s1. The Kier molecular flexibility index (Phi) is 6.71. The van der Waals surface area contributed by atoms with Crippen LogP contribution in [0, 0.1) is 6.92 Å². The summed E-state index contributed by atoms with van der Waals surface area (Å²) in [6.07, 6.45) is -4.72. The normalized spacial score (nSPS) is 33.9. The van der Waals surface area contributed by atoms with E-state index in [9.17, 15) is 39.3 Å². The van der Waals surface area contributed by atoms with E-state index in [0.717, 1.165) is 28.6 Å². The number of aromatic amines is 2. The van der Waals surface area contributed by atoms with Gasteiger partial charge in [-0.15, -0.1) is 11.8 Å². The van der Waals surface area contributed by atoms with Crippen LogP contribution >= 0.6 is 11.8 Å². The molecule has 3 aliphatic heterocycles. The van der Waals surface area contributed by atoms with E-state index in [-0.39, 0.29) is 23.6 Å². The molecule has 0 radical (unpaired) electrons. The van der Waals surface area contributed by atoms with Crippen molar-refractivity contribution >= 4 is 17.7 Å². The Morgan fingerprint density at radius 2 is 1.78 bits per heavy atom. The van der Waals surface area contributed by atoms with Crippen LogP contribution in [0.15, 0.2) is 37.6 Å². The van der Waals surface area contributed by atoms with Crippen LogP contribution in [0.5, 0.6) is 0 Å². The molecule has 2 aromatic heterocycles. The summed E-state index contributed by atoms with van der Waals surface area (Å²) in [5, 5.41) is 30.6. The highest BCUT2D eigenvalue weighted by Crippen LogP contribution is 2.43.